The first kappa shape index (κ1) is 9.09. The lowest BCUT2D eigenvalue weighted by molar-refractivity contribution is 0.0678. The van der Waals surface area contributed by atoms with Crippen LogP contribution in [0.1, 0.15) is 49.5 Å². The van der Waals surface area contributed by atoms with Crippen LogP contribution in [0, 0.1) is 0 Å². The lowest BCUT2D eigenvalue weighted by Crippen LogP contribution is -1.97. The van der Waals surface area contributed by atoms with E-state index < -0.39 is 0 Å². The largest absolute Gasteiger partial charge is 0.494 e. The van der Waals surface area contributed by atoms with E-state index in [1.54, 1.807) is 4.57 Å². The summed E-state index contributed by atoms with van der Waals surface area (Å²) in [6.07, 6.45) is 2.83. The van der Waals surface area contributed by atoms with Gasteiger partial charge in [-0.3, -0.25) is 4.57 Å². The van der Waals surface area contributed by atoms with Crippen LogP contribution in [0.3, 0.4) is 0 Å². The van der Waals surface area contributed by atoms with Gasteiger partial charge in [-0.2, -0.15) is 0 Å². The minimum absolute atomic E-state index is 0.00834. The molecule has 4 nitrogen and oxygen atoms in total. The molecule has 2 aliphatic heterocycles. The number of aromatic hydroxyl groups is 2. The molecule has 2 atom stereocenters. The van der Waals surface area contributed by atoms with Gasteiger partial charge in [-0.25, -0.2) is 0 Å². The van der Waals surface area contributed by atoms with Crippen molar-refractivity contribution >= 4 is 0 Å². The Hall–Kier alpha value is -1.16. The van der Waals surface area contributed by atoms with E-state index in [1.165, 1.54) is 0 Å². The first-order valence-corrected chi connectivity index (χ1v) is 5.53. The molecule has 2 N–H and O–H groups in total. The molecule has 0 spiro atoms. The van der Waals surface area contributed by atoms with Crippen molar-refractivity contribution in [2.24, 2.45) is 0 Å². The standard InChI is InChI=1S/C11H15NO3/c1-2-5-12-10(13)8-6-3-4-7(15-6)9(8)11(12)14/h6-7,13-14H,2-5H2,1H3. The van der Waals surface area contributed by atoms with Gasteiger partial charge in [0.1, 0.15) is 0 Å². The third kappa shape index (κ3) is 1.00. The summed E-state index contributed by atoms with van der Waals surface area (Å²) < 4.78 is 7.24. The number of hydrogen-bond acceptors (Lipinski definition) is 3. The van der Waals surface area contributed by atoms with Gasteiger partial charge < -0.3 is 14.9 Å². The maximum absolute atomic E-state index is 10.0. The Morgan fingerprint density at radius 3 is 2.20 bits per heavy atom. The van der Waals surface area contributed by atoms with Gasteiger partial charge in [0.15, 0.2) is 11.8 Å². The number of nitrogens with zero attached hydrogens (tertiary/aromatic N) is 1. The molecule has 0 aliphatic carbocycles. The zero-order chi connectivity index (χ0) is 10.6. The number of hydrogen-bond donors (Lipinski definition) is 2. The van der Waals surface area contributed by atoms with Crippen LogP contribution in [0.2, 0.25) is 0 Å². The highest BCUT2D eigenvalue weighted by Crippen LogP contribution is 2.57. The number of fused-ring (bicyclic) bond motifs is 5. The van der Waals surface area contributed by atoms with Crippen LogP contribution in [0.5, 0.6) is 11.8 Å². The third-order valence-corrected chi connectivity index (χ3v) is 3.39. The molecule has 0 amide bonds. The van der Waals surface area contributed by atoms with Gasteiger partial charge in [0.2, 0.25) is 0 Å². The molecule has 1 aromatic heterocycles. The highest BCUT2D eigenvalue weighted by Gasteiger charge is 2.45. The molecule has 3 rings (SSSR count). The highest BCUT2D eigenvalue weighted by atomic mass is 16.5. The summed E-state index contributed by atoms with van der Waals surface area (Å²) in [5.41, 5.74) is 1.66. The monoisotopic (exact) mass is 209 g/mol. The second-order valence-corrected chi connectivity index (χ2v) is 4.32. The van der Waals surface area contributed by atoms with E-state index in [4.69, 9.17) is 4.74 Å². The van der Waals surface area contributed by atoms with Crippen LogP contribution < -0.4 is 0 Å². The molecule has 0 aromatic carbocycles. The summed E-state index contributed by atoms with van der Waals surface area (Å²) in [6, 6.07) is 0. The van der Waals surface area contributed by atoms with Gasteiger partial charge in [-0.15, -0.1) is 0 Å². The fourth-order valence-electron chi connectivity index (χ4n) is 2.76. The molecule has 2 unspecified atom stereocenters. The Labute approximate surface area is 88.1 Å². The SMILES string of the molecule is CCCn1c(O)c2c(c1O)C1CCC2O1. The molecule has 0 radical (unpaired) electrons. The van der Waals surface area contributed by atoms with Crippen molar-refractivity contribution in [3.8, 4) is 11.8 Å². The van der Waals surface area contributed by atoms with Crippen LogP contribution in [0.15, 0.2) is 0 Å². The van der Waals surface area contributed by atoms with E-state index in [0.29, 0.717) is 6.54 Å². The van der Waals surface area contributed by atoms with Gasteiger partial charge in [0.25, 0.3) is 0 Å². The first-order chi connectivity index (χ1) is 7.24. The zero-order valence-electron chi connectivity index (χ0n) is 8.73. The Morgan fingerprint density at radius 1 is 1.20 bits per heavy atom. The molecule has 1 saturated heterocycles. The second-order valence-electron chi connectivity index (χ2n) is 4.32. The van der Waals surface area contributed by atoms with Crippen LogP contribution in [0.4, 0.5) is 0 Å². The molecule has 15 heavy (non-hydrogen) atoms. The maximum Gasteiger partial charge on any atom is 0.200 e. The second kappa shape index (κ2) is 2.92. The lowest BCUT2D eigenvalue weighted by atomic mass is 9.95. The molecule has 1 aromatic rings. The molecule has 2 bridgehead atoms. The van der Waals surface area contributed by atoms with Crippen LogP contribution in [-0.4, -0.2) is 14.8 Å². The van der Waals surface area contributed by atoms with Crippen molar-refractivity contribution in [3.05, 3.63) is 11.1 Å². The molecular weight excluding hydrogens is 194 g/mol. The van der Waals surface area contributed by atoms with Gasteiger partial charge in [-0.05, 0) is 19.3 Å². The van der Waals surface area contributed by atoms with Crippen molar-refractivity contribution < 1.29 is 14.9 Å². The van der Waals surface area contributed by atoms with E-state index in [1.807, 2.05) is 6.92 Å². The van der Waals surface area contributed by atoms with Crippen LogP contribution in [0.25, 0.3) is 0 Å². The normalized spacial score (nSPS) is 27.3. The van der Waals surface area contributed by atoms with Crippen molar-refractivity contribution in [1.82, 2.24) is 4.57 Å². The summed E-state index contributed by atoms with van der Waals surface area (Å²) in [4.78, 5) is 0. The summed E-state index contributed by atoms with van der Waals surface area (Å²) in [7, 11) is 0. The molecule has 82 valence electrons. The predicted molar refractivity (Wildman–Crippen MR) is 53.9 cm³/mol. The summed E-state index contributed by atoms with van der Waals surface area (Å²) in [5, 5.41) is 20.0. The Balaban J connectivity index is 2.15. The van der Waals surface area contributed by atoms with Gasteiger partial charge in [0.05, 0.1) is 23.3 Å². The topological polar surface area (TPSA) is 54.6 Å². The predicted octanol–water partition coefficient (Wildman–Crippen LogP) is 2.22. The van der Waals surface area contributed by atoms with E-state index in [-0.39, 0.29) is 24.0 Å². The molecule has 1 fully saturated rings. The van der Waals surface area contributed by atoms with E-state index in [2.05, 4.69) is 0 Å². The molecule has 0 saturated carbocycles. The Bertz CT molecular complexity index is 377. The minimum atomic E-state index is 0.00834. The maximum atomic E-state index is 10.0. The van der Waals surface area contributed by atoms with E-state index in [9.17, 15) is 10.2 Å². The van der Waals surface area contributed by atoms with Crippen LogP contribution in [-0.2, 0) is 11.3 Å². The fraction of sp³-hybridized carbons (Fsp3) is 0.636. The molecule has 2 aliphatic rings. The van der Waals surface area contributed by atoms with Gasteiger partial charge in [-0.1, -0.05) is 6.92 Å². The van der Waals surface area contributed by atoms with Crippen molar-refractivity contribution in [2.75, 3.05) is 0 Å². The summed E-state index contributed by atoms with van der Waals surface area (Å²) >= 11 is 0. The van der Waals surface area contributed by atoms with E-state index in [0.717, 1.165) is 30.4 Å². The molecular formula is C11H15NO3. The summed E-state index contributed by atoms with van der Waals surface area (Å²) in [5.74, 6) is 0.410. The van der Waals surface area contributed by atoms with Crippen molar-refractivity contribution in [1.29, 1.82) is 0 Å². The highest BCUT2D eigenvalue weighted by molar-refractivity contribution is 5.51. The minimum Gasteiger partial charge on any atom is -0.494 e. The van der Waals surface area contributed by atoms with Gasteiger partial charge >= 0.3 is 0 Å². The number of rotatable bonds is 2. The van der Waals surface area contributed by atoms with Crippen molar-refractivity contribution in [2.45, 2.75) is 44.9 Å². The smallest absolute Gasteiger partial charge is 0.200 e. The summed E-state index contributed by atoms with van der Waals surface area (Å²) in [6.45, 7) is 2.68. The molecule has 3 heterocycles. The average Bonchev–Trinajstić information content (AvgIpc) is 2.87. The zero-order valence-corrected chi connectivity index (χ0v) is 8.73. The number of aromatic nitrogens is 1. The lowest BCUT2D eigenvalue weighted by Gasteiger charge is -2.08. The first-order valence-electron chi connectivity index (χ1n) is 5.53. The third-order valence-electron chi connectivity index (χ3n) is 3.39. The number of ether oxygens (including phenoxy) is 1. The quantitative estimate of drug-likeness (QED) is 0.785. The Morgan fingerprint density at radius 2 is 1.73 bits per heavy atom. The average molecular weight is 209 g/mol. The Kier molecular flexibility index (Phi) is 1.77. The van der Waals surface area contributed by atoms with Gasteiger partial charge in [0, 0.05) is 6.54 Å². The molecule has 4 heteroatoms. The van der Waals surface area contributed by atoms with Crippen LogP contribution >= 0.6 is 0 Å². The van der Waals surface area contributed by atoms with E-state index >= 15 is 0 Å². The van der Waals surface area contributed by atoms with Crippen molar-refractivity contribution in [3.63, 3.8) is 0 Å². The fourth-order valence-corrected chi connectivity index (χ4v) is 2.76.